The molecule has 0 spiro atoms. The highest BCUT2D eigenvalue weighted by Gasteiger charge is 1.72. The average molecular weight is 295 g/mol. The zero-order valence-electron chi connectivity index (χ0n) is 17.2. The van der Waals surface area contributed by atoms with E-state index in [4.69, 9.17) is 0 Å². The van der Waals surface area contributed by atoms with Gasteiger partial charge in [0.2, 0.25) is 0 Å². The zero-order valence-corrected chi connectivity index (χ0v) is 17.2. The lowest BCUT2D eigenvalue weighted by molar-refractivity contribution is 0.703. The second kappa shape index (κ2) is 96.9. The van der Waals surface area contributed by atoms with Crippen LogP contribution in [0.5, 0.6) is 0 Å². The standard InChI is InChI=1S/2C5H13N.4C2H6/c2*1-3-5-6-4-2;4*1-2/h2*6H,3-5H2,1-2H3;4*1-2H3. The SMILES string of the molecule is CC.CC.CC.CC.CCCNCC.CCCNCC. The van der Waals surface area contributed by atoms with Crippen LogP contribution in [0.2, 0.25) is 0 Å². The molecule has 0 heterocycles. The molecule has 0 amide bonds. The third-order valence-corrected chi connectivity index (χ3v) is 1.35. The van der Waals surface area contributed by atoms with Gasteiger partial charge in [0, 0.05) is 0 Å². The minimum absolute atomic E-state index is 1.10. The number of hydrogen-bond donors (Lipinski definition) is 2. The second-order valence-electron chi connectivity index (χ2n) is 2.71. The molecule has 0 aromatic carbocycles. The van der Waals surface area contributed by atoms with Crippen LogP contribution >= 0.6 is 0 Å². The van der Waals surface area contributed by atoms with E-state index in [0.717, 1.165) is 26.2 Å². The third-order valence-electron chi connectivity index (χ3n) is 1.35. The fourth-order valence-electron chi connectivity index (χ4n) is 0.707. The van der Waals surface area contributed by atoms with Crippen molar-refractivity contribution in [2.45, 2.75) is 95.9 Å². The van der Waals surface area contributed by atoms with Crippen molar-refractivity contribution in [3.63, 3.8) is 0 Å². The van der Waals surface area contributed by atoms with Crippen molar-refractivity contribution in [3.8, 4) is 0 Å². The number of hydrogen-bond acceptors (Lipinski definition) is 2. The Morgan fingerprint density at radius 3 is 0.700 bits per heavy atom. The summed E-state index contributed by atoms with van der Waals surface area (Å²) in [6, 6.07) is 0. The van der Waals surface area contributed by atoms with Gasteiger partial charge in [0.1, 0.15) is 0 Å². The van der Waals surface area contributed by atoms with E-state index < -0.39 is 0 Å². The molecule has 2 nitrogen and oxygen atoms in total. The quantitative estimate of drug-likeness (QED) is 0.577. The Bertz CT molecular complexity index is 41.4. The minimum atomic E-state index is 1.10. The molecule has 0 fully saturated rings. The molecule has 0 aromatic heterocycles. The Morgan fingerprint density at radius 1 is 0.450 bits per heavy atom. The summed E-state index contributed by atoms with van der Waals surface area (Å²) in [5.41, 5.74) is 0. The van der Waals surface area contributed by atoms with Gasteiger partial charge in [0.25, 0.3) is 0 Å². The van der Waals surface area contributed by atoms with Gasteiger partial charge >= 0.3 is 0 Å². The summed E-state index contributed by atoms with van der Waals surface area (Å²) >= 11 is 0. The summed E-state index contributed by atoms with van der Waals surface area (Å²) in [5, 5.41) is 6.40. The molecule has 0 aromatic rings. The van der Waals surface area contributed by atoms with Crippen LogP contribution in [0.15, 0.2) is 0 Å². The maximum atomic E-state index is 3.20. The van der Waals surface area contributed by atoms with Crippen LogP contribution in [0.1, 0.15) is 95.9 Å². The lowest BCUT2D eigenvalue weighted by atomic mass is 10.5. The molecule has 2 N–H and O–H groups in total. The fourth-order valence-corrected chi connectivity index (χ4v) is 0.707. The Morgan fingerprint density at radius 2 is 0.650 bits per heavy atom. The molecule has 0 unspecified atom stereocenters. The Hall–Kier alpha value is -0.0800. The van der Waals surface area contributed by atoms with E-state index in [0.29, 0.717) is 0 Å². The van der Waals surface area contributed by atoms with Crippen LogP contribution < -0.4 is 10.6 Å². The molecular formula is C18H50N2. The van der Waals surface area contributed by atoms with E-state index in [-0.39, 0.29) is 0 Å². The van der Waals surface area contributed by atoms with Crippen molar-refractivity contribution < 1.29 is 0 Å². The zero-order chi connectivity index (χ0) is 17.7. The van der Waals surface area contributed by atoms with Crippen molar-refractivity contribution in [3.05, 3.63) is 0 Å². The van der Waals surface area contributed by atoms with Crippen molar-refractivity contribution in [1.82, 2.24) is 10.6 Å². The predicted molar refractivity (Wildman–Crippen MR) is 103 cm³/mol. The van der Waals surface area contributed by atoms with Gasteiger partial charge in [-0.25, -0.2) is 0 Å². The Kier molecular flexibility index (Phi) is 178. The fraction of sp³-hybridized carbons (Fsp3) is 1.00. The molecule has 0 bridgehead atoms. The molecule has 20 heavy (non-hydrogen) atoms. The van der Waals surface area contributed by atoms with Gasteiger partial charge in [-0.3, -0.25) is 0 Å². The molecule has 0 aliphatic rings. The molecule has 0 atom stereocenters. The summed E-state index contributed by atoms with van der Waals surface area (Å²) in [6.07, 6.45) is 2.49. The van der Waals surface area contributed by atoms with Crippen molar-refractivity contribution >= 4 is 0 Å². The molecule has 0 rings (SSSR count). The molecular weight excluding hydrogens is 244 g/mol. The molecule has 132 valence electrons. The maximum absolute atomic E-state index is 3.20. The summed E-state index contributed by atoms with van der Waals surface area (Å²) in [6.45, 7) is 29.1. The van der Waals surface area contributed by atoms with Crippen LogP contribution in [-0.4, -0.2) is 26.2 Å². The van der Waals surface area contributed by atoms with Crippen LogP contribution in [0.25, 0.3) is 0 Å². The second-order valence-corrected chi connectivity index (χ2v) is 2.71. The molecule has 2 heteroatoms. The lowest BCUT2D eigenvalue weighted by Crippen LogP contribution is -2.12. The maximum Gasteiger partial charge on any atom is -0.00517 e. The van der Waals surface area contributed by atoms with E-state index >= 15 is 0 Å². The summed E-state index contributed by atoms with van der Waals surface area (Å²) in [4.78, 5) is 0. The van der Waals surface area contributed by atoms with Gasteiger partial charge in [0.05, 0.1) is 0 Å². The van der Waals surface area contributed by atoms with E-state index in [1.54, 1.807) is 0 Å². The average Bonchev–Trinajstić information content (AvgIpc) is 2.59. The highest BCUT2D eigenvalue weighted by molar-refractivity contribution is 4.35. The normalized spacial score (nSPS) is 6.60. The van der Waals surface area contributed by atoms with Crippen LogP contribution in [0.4, 0.5) is 0 Å². The van der Waals surface area contributed by atoms with Crippen LogP contribution in [0.3, 0.4) is 0 Å². The van der Waals surface area contributed by atoms with Gasteiger partial charge in [-0.1, -0.05) is 83.1 Å². The molecule has 0 saturated carbocycles. The van der Waals surface area contributed by atoms with Gasteiger partial charge in [-0.15, -0.1) is 0 Å². The van der Waals surface area contributed by atoms with Gasteiger partial charge in [0.15, 0.2) is 0 Å². The lowest BCUT2D eigenvalue weighted by Gasteiger charge is -1.91. The van der Waals surface area contributed by atoms with Gasteiger partial charge in [-0.05, 0) is 39.0 Å². The molecule has 0 aliphatic heterocycles. The Balaban J connectivity index is -0.0000000328. The van der Waals surface area contributed by atoms with Crippen molar-refractivity contribution in [2.24, 2.45) is 0 Å². The first-order chi connectivity index (χ1) is 9.83. The van der Waals surface area contributed by atoms with E-state index in [9.17, 15) is 0 Å². The summed E-state index contributed by atoms with van der Waals surface area (Å²) in [7, 11) is 0. The monoisotopic (exact) mass is 294 g/mol. The van der Waals surface area contributed by atoms with Crippen LogP contribution in [-0.2, 0) is 0 Å². The van der Waals surface area contributed by atoms with Gasteiger partial charge in [-0.2, -0.15) is 0 Å². The summed E-state index contributed by atoms with van der Waals surface area (Å²) < 4.78 is 0. The van der Waals surface area contributed by atoms with E-state index in [1.165, 1.54) is 12.8 Å². The highest BCUT2D eigenvalue weighted by Crippen LogP contribution is 1.66. The highest BCUT2D eigenvalue weighted by atomic mass is 14.8. The third kappa shape index (κ3) is 146. The topological polar surface area (TPSA) is 24.1 Å². The first-order valence-corrected chi connectivity index (χ1v) is 9.24. The van der Waals surface area contributed by atoms with Gasteiger partial charge < -0.3 is 10.6 Å². The minimum Gasteiger partial charge on any atom is -0.317 e. The first kappa shape index (κ1) is 36.8. The van der Waals surface area contributed by atoms with Crippen LogP contribution in [0, 0.1) is 0 Å². The molecule has 0 saturated heterocycles. The molecule has 0 aliphatic carbocycles. The Labute approximate surface area is 133 Å². The predicted octanol–water partition coefficient (Wildman–Crippen LogP) is 6.12. The van der Waals surface area contributed by atoms with E-state index in [1.807, 2.05) is 55.4 Å². The van der Waals surface area contributed by atoms with Crippen molar-refractivity contribution in [1.29, 1.82) is 0 Å². The number of rotatable bonds is 6. The van der Waals surface area contributed by atoms with Crippen molar-refractivity contribution in [2.75, 3.05) is 26.2 Å². The largest absolute Gasteiger partial charge is 0.317 e. The summed E-state index contributed by atoms with van der Waals surface area (Å²) in [5.74, 6) is 0. The number of nitrogens with one attached hydrogen (secondary N) is 2. The van der Waals surface area contributed by atoms with E-state index in [2.05, 4.69) is 38.3 Å². The smallest absolute Gasteiger partial charge is 0.00517 e. The molecule has 0 radical (unpaired) electrons. The first-order valence-electron chi connectivity index (χ1n) is 9.24.